The van der Waals surface area contributed by atoms with Gasteiger partial charge in [-0.3, -0.25) is 9.59 Å². The van der Waals surface area contributed by atoms with Gasteiger partial charge in [-0.05, 0) is 23.6 Å². The van der Waals surface area contributed by atoms with Crippen LogP contribution in [0.3, 0.4) is 0 Å². The largest absolute Gasteiger partial charge is 0.352 e. The van der Waals surface area contributed by atoms with Crippen LogP contribution in [0.15, 0.2) is 45.9 Å². The molecule has 6 heteroatoms. The lowest BCUT2D eigenvalue weighted by Crippen LogP contribution is -2.26. The van der Waals surface area contributed by atoms with Crippen molar-refractivity contribution in [1.29, 1.82) is 0 Å². The fourth-order valence-corrected chi connectivity index (χ4v) is 2.68. The molecular weight excluding hydrogens is 286 g/mol. The number of fused-ring (bicyclic) bond motifs is 1. The molecule has 0 aliphatic heterocycles. The molecule has 106 valence electrons. The van der Waals surface area contributed by atoms with Crippen molar-refractivity contribution in [1.82, 2.24) is 15.3 Å². The number of carbonyl (C=O) groups excluding carboxylic acids is 1. The van der Waals surface area contributed by atoms with Crippen LogP contribution in [0.1, 0.15) is 16.2 Å². The van der Waals surface area contributed by atoms with Gasteiger partial charge in [0.15, 0.2) is 0 Å². The lowest BCUT2D eigenvalue weighted by Gasteiger charge is -2.04. The summed E-state index contributed by atoms with van der Waals surface area (Å²) >= 11 is 1.48. The highest BCUT2D eigenvalue weighted by Crippen LogP contribution is 2.06. The number of rotatable bonds is 4. The van der Waals surface area contributed by atoms with E-state index in [4.69, 9.17) is 0 Å². The summed E-state index contributed by atoms with van der Waals surface area (Å²) in [4.78, 5) is 30.8. The molecule has 5 nitrogen and oxygen atoms in total. The van der Waals surface area contributed by atoms with Gasteiger partial charge in [-0.15, -0.1) is 0 Å². The van der Waals surface area contributed by atoms with E-state index < -0.39 is 0 Å². The molecule has 2 heterocycles. The number of carbonyl (C=O) groups is 1. The van der Waals surface area contributed by atoms with Crippen LogP contribution in [0.25, 0.3) is 10.9 Å². The van der Waals surface area contributed by atoms with Crippen LogP contribution in [0.2, 0.25) is 0 Å². The molecule has 3 rings (SSSR count). The third-order valence-corrected chi connectivity index (χ3v) is 3.78. The Morgan fingerprint density at radius 2 is 2.14 bits per heavy atom. The topological polar surface area (TPSA) is 74.8 Å². The van der Waals surface area contributed by atoms with E-state index in [0.29, 0.717) is 35.3 Å². The molecule has 0 saturated carbocycles. The van der Waals surface area contributed by atoms with Crippen molar-refractivity contribution in [3.63, 3.8) is 0 Å². The third-order valence-electron chi connectivity index (χ3n) is 3.09. The normalized spacial score (nSPS) is 10.7. The Hall–Kier alpha value is -2.47. The van der Waals surface area contributed by atoms with Gasteiger partial charge in [0.25, 0.3) is 11.5 Å². The van der Waals surface area contributed by atoms with Crippen LogP contribution in [0.4, 0.5) is 0 Å². The number of hydrogen-bond acceptors (Lipinski definition) is 4. The Bertz CT molecular complexity index is 824. The first-order chi connectivity index (χ1) is 10.2. The molecule has 2 aromatic heterocycles. The summed E-state index contributed by atoms with van der Waals surface area (Å²) in [6.07, 6.45) is 0.482. The number of hydrogen-bond donors (Lipinski definition) is 2. The number of nitrogens with zero attached hydrogens (tertiary/aromatic N) is 1. The SMILES string of the molecule is O=C(NCCc1nc2ccccc2c(=O)[nH]1)c1ccsc1. The summed E-state index contributed by atoms with van der Waals surface area (Å²) in [5.41, 5.74) is 1.17. The number of amides is 1. The number of para-hydroxylation sites is 1. The zero-order valence-electron chi connectivity index (χ0n) is 11.1. The van der Waals surface area contributed by atoms with Gasteiger partial charge < -0.3 is 10.3 Å². The molecule has 21 heavy (non-hydrogen) atoms. The maximum Gasteiger partial charge on any atom is 0.258 e. The van der Waals surface area contributed by atoms with E-state index >= 15 is 0 Å². The van der Waals surface area contributed by atoms with Crippen LogP contribution in [0.5, 0.6) is 0 Å². The minimum atomic E-state index is -0.153. The van der Waals surface area contributed by atoms with E-state index in [1.54, 1.807) is 29.6 Å². The van der Waals surface area contributed by atoms with Crippen molar-refractivity contribution in [2.45, 2.75) is 6.42 Å². The smallest absolute Gasteiger partial charge is 0.258 e. The molecule has 0 radical (unpaired) electrons. The summed E-state index contributed by atoms with van der Waals surface area (Å²) in [7, 11) is 0. The molecule has 0 unspecified atom stereocenters. The van der Waals surface area contributed by atoms with Gasteiger partial charge in [-0.25, -0.2) is 4.98 Å². The molecule has 1 amide bonds. The predicted octanol–water partition coefficient (Wildman–Crippen LogP) is 1.96. The highest BCUT2D eigenvalue weighted by molar-refractivity contribution is 7.08. The summed E-state index contributed by atoms with van der Waals surface area (Å²) in [5.74, 6) is 0.462. The molecule has 1 aromatic carbocycles. The van der Waals surface area contributed by atoms with E-state index in [1.165, 1.54) is 11.3 Å². The molecule has 3 aromatic rings. The van der Waals surface area contributed by atoms with Gasteiger partial charge in [0.05, 0.1) is 10.9 Å². The highest BCUT2D eigenvalue weighted by Gasteiger charge is 2.06. The molecule has 0 aliphatic carbocycles. The van der Waals surface area contributed by atoms with Gasteiger partial charge in [0, 0.05) is 23.9 Å². The maximum absolute atomic E-state index is 11.9. The Balaban J connectivity index is 1.68. The minimum absolute atomic E-state index is 0.112. The first kappa shape index (κ1) is 13.5. The van der Waals surface area contributed by atoms with E-state index in [1.807, 2.05) is 11.4 Å². The first-order valence-corrected chi connectivity index (χ1v) is 7.46. The average Bonchev–Trinajstić information content (AvgIpc) is 3.01. The van der Waals surface area contributed by atoms with Crippen molar-refractivity contribution in [3.05, 3.63) is 62.8 Å². The number of thiophene rings is 1. The second-order valence-electron chi connectivity index (χ2n) is 4.55. The number of nitrogens with one attached hydrogen (secondary N) is 2. The van der Waals surface area contributed by atoms with Crippen molar-refractivity contribution in [2.24, 2.45) is 0 Å². The second kappa shape index (κ2) is 5.88. The fourth-order valence-electron chi connectivity index (χ4n) is 2.04. The number of H-pyrrole nitrogens is 1. The summed E-state index contributed by atoms with van der Waals surface area (Å²) in [5, 5.41) is 7.04. The molecule has 0 fully saturated rings. The second-order valence-corrected chi connectivity index (χ2v) is 5.33. The average molecular weight is 299 g/mol. The van der Waals surface area contributed by atoms with Crippen molar-refractivity contribution in [3.8, 4) is 0 Å². The zero-order chi connectivity index (χ0) is 14.7. The lowest BCUT2D eigenvalue weighted by atomic mass is 10.2. The van der Waals surface area contributed by atoms with Crippen LogP contribution in [-0.4, -0.2) is 22.4 Å². The zero-order valence-corrected chi connectivity index (χ0v) is 11.9. The minimum Gasteiger partial charge on any atom is -0.352 e. The molecular formula is C15H13N3O2S. The first-order valence-electron chi connectivity index (χ1n) is 6.52. The number of aromatic amines is 1. The molecule has 0 aliphatic rings. The molecule has 0 saturated heterocycles. The quantitative estimate of drug-likeness (QED) is 0.773. The monoisotopic (exact) mass is 299 g/mol. The maximum atomic E-state index is 11.9. The van der Waals surface area contributed by atoms with Gasteiger partial charge >= 0.3 is 0 Å². The highest BCUT2D eigenvalue weighted by atomic mass is 32.1. The third kappa shape index (κ3) is 3.00. The van der Waals surface area contributed by atoms with Crippen molar-refractivity contribution in [2.75, 3.05) is 6.54 Å². The summed E-state index contributed by atoms with van der Waals surface area (Å²) in [6, 6.07) is 8.97. The van der Waals surface area contributed by atoms with Crippen LogP contribution >= 0.6 is 11.3 Å². The summed E-state index contributed by atoms with van der Waals surface area (Å²) in [6.45, 7) is 0.427. The van der Waals surface area contributed by atoms with Crippen LogP contribution < -0.4 is 10.9 Å². The van der Waals surface area contributed by atoms with Crippen molar-refractivity contribution < 1.29 is 4.79 Å². The summed E-state index contributed by atoms with van der Waals surface area (Å²) < 4.78 is 0. The molecule has 0 atom stereocenters. The van der Waals surface area contributed by atoms with Gasteiger partial charge in [-0.1, -0.05) is 12.1 Å². The van der Waals surface area contributed by atoms with E-state index in [9.17, 15) is 9.59 Å². The van der Waals surface area contributed by atoms with Crippen molar-refractivity contribution >= 4 is 28.1 Å². The fraction of sp³-hybridized carbons (Fsp3) is 0.133. The Labute approximate surface area is 124 Å². The van der Waals surface area contributed by atoms with Gasteiger partial charge in [0.1, 0.15) is 5.82 Å². The molecule has 0 bridgehead atoms. The van der Waals surface area contributed by atoms with E-state index in [-0.39, 0.29) is 11.5 Å². The standard InChI is InChI=1S/C15H13N3O2S/c19-14(10-6-8-21-9-10)16-7-5-13-17-12-4-2-1-3-11(12)15(20)18-13/h1-4,6,8-9H,5,7H2,(H,16,19)(H,17,18,20). The van der Waals surface area contributed by atoms with Gasteiger partial charge in [-0.2, -0.15) is 11.3 Å². The van der Waals surface area contributed by atoms with Crippen LogP contribution in [-0.2, 0) is 6.42 Å². The van der Waals surface area contributed by atoms with E-state index in [0.717, 1.165) is 0 Å². The lowest BCUT2D eigenvalue weighted by molar-refractivity contribution is 0.0954. The Morgan fingerprint density at radius 3 is 2.95 bits per heavy atom. The predicted molar refractivity (Wildman–Crippen MR) is 82.7 cm³/mol. The Kier molecular flexibility index (Phi) is 3.79. The number of aromatic nitrogens is 2. The van der Waals surface area contributed by atoms with Gasteiger partial charge in [0.2, 0.25) is 0 Å². The molecule has 0 spiro atoms. The molecule has 2 N–H and O–H groups in total. The van der Waals surface area contributed by atoms with E-state index in [2.05, 4.69) is 15.3 Å². The van der Waals surface area contributed by atoms with Crippen LogP contribution in [0, 0.1) is 0 Å². The Morgan fingerprint density at radius 1 is 1.29 bits per heavy atom. The number of benzene rings is 1.